The van der Waals surface area contributed by atoms with Crippen molar-refractivity contribution in [2.45, 2.75) is 18.6 Å². The summed E-state index contributed by atoms with van der Waals surface area (Å²) < 4.78 is 42.5. The molecular weight excluding hydrogens is 519 g/mol. The number of nitrogens with one attached hydrogen (secondary N) is 1. The summed E-state index contributed by atoms with van der Waals surface area (Å²) in [4.78, 5) is 25.2. The molecule has 1 saturated heterocycles. The monoisotopic (exact) mass is 544 g/mol. The van der Waals surface area contributed by atoms with Gasteiger partial charge in [-0.3, -0.25) is 4.79 Å². The number of amides is 1. The molecular formula is C23H26Cl2N2O7S. The van der Waals surface area contributed by atoms with Gasteiger partial charge in [0.15, 0.2) is 11.5 Å². The highest BCUT2D eigenvalue weighted by atomic mass is 35.5. The van der Waals surface area contributed by atoms with Crippen LogP contribution in [0, 0.1) is 5.92 Å². The summed E-state index contributed by atoms with van der Waals surface area (Å²) in [6.45, 7) is 0.364. The molecule has 35 heavy (non-hydrogen) atoms. The van der Waals surface area contributed by atoms with Gasteiger partial charge in [0.2, 0.25) is 15.9 Å². The number of halogens is 2. The molecule has 1 aliphatic rings. The van der Waals surface area contributed by atoms with E-state index in [9.17, 15) is 18.0 Å². The number of hydrogen-bond acceptors (Lipinski definition) is 7. The summed E-state index contributed by atoms with van der Waals surface area (Å²) >= 11 is 12.0. The molecule has 12 heteroatoms. The molecule has 0 radical (unpaired) electrons. The molecule has 2 aromatic carbocycles. The maximum Gasteiger partial charge on any atom is 0.340 e. The van der Waals surface area contributed by atoms with Crippen LogP contribution in [-0.2, 0) is 25.3 Å². The zero-order valence-electron chi connectivity index (χ0n) is 19.5. The van der Waals surface area contributed by atoms with E-state index in [-0.39, 0.29) is 41.0 Å². The van der Waals surface area contributed by atoms with E-state index in [2.05, 4.69) is 5.32 Å². The first-order valence-electron chi connectivity index (χ1n) is 10.7. The summed E-state index contributed by atoms with van der Waals surface area (Å²) in [5, 5.41) is 3.46. The van der Waals surface area contributed by atoms with E-state index in [0.29, 0.717) is 34.9 Å². The zero-order chi connectivity index (χ0) is 25.8. The van der Waals surface area contributed by atoms with Gasteiger partial charge in [-0.1, -0.05) is 29.3 Å². The second-order valence-corrected chi connectivity index (χ2v) is 10.7. The number of sulfonamides is 1. The maximum atomic E-state index is 13.0. The van der Waals surface area contributed by atoms with E-state index in [1.54, 1.807) is 12.1 Å². The molecule has 0 spiro atoms. The van der Waals surface area contributed by atoms with Crippen LogP contribution in [-0.4, -0.2) is 59.0 Å². The molecule has 9 nitrogen and oxygen atoms in total. The molecule has 0 aromatic heterocycles. The number of rotatable bonds is 8. The van der Waals surface area contributed by atoms with Crippen molar-refractivity contribution in [1.82, 2.24) is 4.31 Å². The minimum absolute atomic E-state index is 0.110. The highest BCUT2D eigenvalue weighted by Crippen LogP contribution is 2.34. The Labute approximate surface area is 214 Å². The first-order valence-corrected chi connectivity index (χ1v) is 13.0. The standard InChI is InChI=1S/C23H26Cl2N2O7S/c1-32-20-11-17(23(29)34-3)19(12-21(20)33-2)26-22(28)14-6-8-27(9-7-14)35(30,31)13-15-4-5-16(24)10-18(15)25/h4-5,10-12,14H,6-9,13H2,1-3H3,(H,26,28). The average molecular weight is 545 g/mol. The van der Waals surface area contributed by atoms with Gasteiger partial charge >= 0.3 is 5.97 Å². The molecule has 190 valence electrons. The van der Waals surface area contributed by atoms with Gasteiger partial charge < -0.3 is 19.5 Å². The Balaban J connectivity index is 1.69. The maximum absolute atomic E-state index is 13.0. The molecule has 3 rings (SSSR count). The molecule has 1 fully saturated rings. The lowest BCUT2D eigenvalue weighted by Gasteiger charge is -2.30. The largest absolute Gasteiger partial charge is 0.493 e. The van der Waals surface area contributed by atoms with Gasteiger partial charge in [0.25, 0.3) is 0 Å². The molecule has 0 unspecified atom stereocenters. The number of hydrogen-bond donors (Lipinski definition) is 1. The van der Waals surface area contributed by atoms with Crippen LogP contribution in [0.4, 0.5) is 5.69 Å². The Morgan fingerprint density at radius 3 is 2.23 bits per heavy atom. The highest BCUT2D eigenvalue weighted by molar-refractivity contribution is 7.88. The van der Waals surface area contributed by atoms with Crippen molar-refractivity contribution in [1.29, 1.82) is 0 Å². The number of methoxy groups -OCH3 is 3. The normalized spacial score (nSPS) is 14.9. The van der Waals surface area contributed by atoms with Crippen molar-refractivity contribution in [3.05, 3.63) is 51.5 Å². The van der Waals surface area contributed by atoms with Crippen molar-refractivity contribution < 1.29 is 32.2 Å². The molecule has 1 N–H and O–H groups in total. The molecule has 0 saturated carbocycles. The fourth-order valence-electron chi connectivity index (χ4n) is 3.82. The second kappa shape index (κ2) is 11.5. The average Bonchev–Trinajstić information content (AvgIpc) is 2.85. The van der Waals surface area contributed by atoms with E-state index in [1.165, 1.54) is 43.8 Å². The number of carbonyl (C=O) groups excluding carboxylic acids is 2. The lowest BCUT2D eigenvalue weighted by molar-refractivity contribution is -0.120. The molecule has 1 aliphatic heterocycles. The highest BCUT2D eigenvalue weighted by Gasteiger charge is 2.32. The van der Waals surface area contributed by atoms with Crippen LogP contribution in [0.15, 0.2) is 30.3 Å². The van der Waals surface area contributed by atoms with Crippen LogP contribution in [0.2, 0.25) is 10.0 Å². The number of piperidine rings is 1. The summed E-state index contributed by atoms with van der Waals surface area (Å²) in [5.74, 6) is -1.04. The number of anilines is 1. The number of ether oxygens (including phenoxy) is 3. The molecule has 2 aromatic rings. The number of benzene rings is 2. The van der Waals surface area contributed by atoms with Crippen molar-refractivity contribution in [3.8, 4) is 11.5 Å². The number of esters is 1. The Kier molecular flexibility index (Phi) is 8.87. The third-order valence-electron chi connectivity index (χ3n) is 5.76. The first-order chi connectivity index (χ1) is 16.6. The topological polar surface area (TPSA) is 111 Å². The van der Waals surface area contributed by atoms with Crippen molar-refractivity contribution in [2.75, 3.05) is 39.7 Å². The SMILES string of the molecule is COC(=O)c1cc(OC)c(OC)cc1NC(=O)C1CCN(S(=O)(=O)Cc2ccc(Cl)cc2Cl)CC1. The smallest absolute Gasteiger partial charge is 0.340 e. The molecule has 0 atom stereocenters. The van der Waals surface area contributed by atoms with E-state index in [1.807, 2.05) is 0 Å². The fraction of sp³-hybridized carbons (Fsp3) is 0.391. The summed E-state index contributed by atoms with van der Waals surface area (Å²) in [7, 11) is 0.468. The minimum Gasteiger partial charge on any atom is -0.493 e. The van der Waals surface area contributed by atoms with E-state index in [0.717, 1.165) is 0 Å². The minimum atomic E-state index is -3.64. The molecule has 0 bridgehead atoms. The lowest BCUT2D eigenvalue weighted by Crippen LogP contribution is -2.42. The third-order valence-corrected chi connectivity index (χ3v) is 8.17. The predicted molar refractivity (Wildman–Crippen MR) is 133 cm³/mol. The van der Waals surface area contributed by atoms with Gasteiger partial charge in [0.05, 0.1) is 38.3 Å². The molecule has 0 aliphatic carbocycles. The van der Waals surface area contributed by atoms with Crippen LogP contribution in [0.5, 0.6) is 11.5 Å². The Hall–Kier alpha value is -2.53. The zero-order valence-corrected chi connectivity index (χ0v) is 21.8. The Morgan fingerprint density at radius 1 is 1.03 bits per heavy atom. The van der Waals surface area contributed by atoms with Gasteiger partial charge in [-0.05, 0) is 30.5 Å². The molecule has 1 heterocycles. The van der Waals surface area contributed by atoms with Gasteiger partial charge in [-0.15, -0.1) is 0 Å². The predicted octanol–water partition coefficient (Wildman–Crippen LogP) is 3.98. The van der Waals surface area contributed by atoms with Crippen LogP contribution >= 0.6 is 23.2 Å². The van der Waals surface area contributed by atoms with Crippen molar-refractivity contribution in [2.24, 2.45) is 5.92 Å². The summed E-state index contributed by atoms with van der Waals surface area (Å²) in [6, 6.07) is 7.59. The number of nitrogens with zero attached hydrogens (tertiary/aromatic N) is 1. The van der Waals surface area contributed by atoms with Gasteiger partial charge in [-0.2, -0.15) is 0 Å². The Morgan fingerprint density at radius 2 is 1.66 bits per heavy atom. The van der Waals surface area contributed by atoms with Crippen LogP contribution < -0.4 is 14.8 Å². The van der Waals surface area contributed by atoms with Crippen LogP contribution in [0.3, 0.4) is 0 Å². The Bertz CT molecular complexity index is 1210. The van der Waals surface area contributed by atoms with Crippen molar-refractivity contribution in [3.63, 3.8) is 0 Å². The van der Waals surface area contributed by atoms with Gasteiger partial charge in [-0.25, -0.2) is 17.5 Å². The number of carbonyl (C=O) groups is 2. The van der Waals surface area contributed by atoms with Gasteiger partial charge in [0, 0.05) is 41.2 Å². The first kappa shape index (κ1) is 27.1. The van der Waals surface area contributed by atoms with Crippen LogP contribution in [0.1, 0.15) is 28.8 Å². The molecule has 1 amide bonds. The van der Waals surface area contributed by atoms with E-state index >= 15 is 0 Å². The lowest BCUT2D eigenvalue weighted by atomic mass is 9.97. The van der Waals surface area contributed by atoms with Gasteiger partial charge in [0.1, 0.15) is 0 Å². The fourth-order valence-corrected chi connectivity index (χ4v) is 5.97. The van der Waals surface area contributed by atoms with E-state index in [4.69, 9.17) is 37.4 Å². The van der Waals surface area contributed by atoms with Crippen LogP contribution in [0.25, 0.3) is 0 Å². The summed E-state index contributed by atoms with van der Waals surface area (Å²) in [5.41, 5.74) is 0.782. The van der Waals surface area contributed by atoms with E-state index < -0.39 is 21.9 Å². The quantitative estimate of drug-likeness (QED) is 0.500. The third kappa shape index (κ3) is 6.38. The van der Waals surface area contributed by atoms with Crippen molar-refractivity contribution >= 4 is 50.8 Å². The summed E-state index contributed by atoms with van der Waals surface area (Å²) in [6.07, 6.45) is 0.639. The second-order valence-electron chi connectivity index (χ2n) is 7.90.